The second kappa shape index (κ2) is 8.53. The van der Waals surface area contributed by atoms with Crippen LogP contribution in [0.5, 0.6) is 0 Å². The SMILES string of the molecule is CC(C)(CCl)C(=O)N1CCC(NC(=O)CCN2C(=O)c3ccccc3C2=O)CC1. The molecule has 0 aliphatic carbocycles. The van der Waals surface area contributed by atoms with Crippen molar-refractivity contribution in [1.82, 2.24) is 15.1 Å². The lowest BCUT2D eigenvalue weighted by molar-refractivity contribution is -0.140. The number of fused-ring (bicyclic) bond motifs is 1. The van der Waals surface area contributed by atoms with Gasteiger partial charge in [-0.1, -0.05) is 12.1 Å². The first-order chi connectivity index (χ1) is 13.7. The van der Waals surface area contributed by atoms with Gasteiger partial charge >= 0.3 is 0 Å². The lowest BCUT2D eigenvalue weighted by Gasteiger charge is -2.36. The van der Waals surface area contributed by atoms with Gasteiger partial charge < -0.3 is 10.2 Å². The lowest BCUT2D eigenvalue weighted by Crippen LogP contribution is -2.50. The molecule has 0 radical (unpaired) electrons. The summed E-state index contributed by atoms with van der Waals surface area (Å²) in [5.41, 5.74) is 0.175. The molecular weight excluding hydrogens is 394 g/mol. The van der Waals surface area contributed by atoms with Crippen molar-refractivity contribution in [2.45, 2.75) is 39.2 Å². The Hall–Kier alpha value is -2.41. The highest BCUT2D eigenvalue weighted by Gasteiger charge is 2.36. The summed E-state index contributed by atoms with van der Waals surface area (Å²) in [6.07, 6.45) is 1.40. The summed E-state index contributed by atoms with van der Waals surface area (Å²) in [6.45, 7) is 4.86. The zero-order valence-corrected chi connectivity index (χ0v) is 17.5. The Morgan fingerprint density at radius 2 is 1.66 bits per heavy atom. The van der Waals surface area contributed by atoms with Gasteiger partial charge in [0.2, 0.25) is 11.8 Å². The Labute approximate surface area is 175 Å². The fourth-order valence-electron chi connectivity index (χ4n) is 3.67. The Morgan fingerprint density at radius 1 is 1.10 bits per heavy atom. The van der Waals surface area contributed by atoms with E-state index in [1.54, 1.807) is 29.2 Å². The molecule has 2 heterocycles. The lowest BCUT2D eigenvalue weighted by atomic mass is 9.92. The van der Waals surface area contributed by atoms with E-state index < -0.39 is 5.41 Å². The van der Waals surface area contributed by atoms with Crippen LogP contribution in [0.3, 0.4) is 0 Å². The largest absolute Gasteiger partial charge is 0.353 e. The molecule has 0 spiro atoms. The number of halogens is 1. The molecular formula is C21H26ClN3O4. The van der Waals surface area contributed by atoms with E-state index in [1.165, 1.54) is 0 Å². The van der Waals surface area contributed by atoms with Crippen LogP contribution in [0, 0.1) is 5.41 Å². The number of benzene rings is 1. The molecule has 0 bridgehead atoms. The molecule has 1 saturated heterocycles. The van der Waals surface area contributed by atoms with Crippen molar-refractivity contribution in [2.75, 3.05) is 25.5 Å². The summed E-state index contributed by atoms with van der Waals surface area (Å²) in [4.78, 5) is 52.4. The minimum atomic E-state index is -0.593. The highest BCUT2D eigenvalue weighted by Crippen LogP contribution is 2.24. The Morgan fingerprint density at radius 3 is 2.17 bits per heavy atom. The van der Waals surface area contributed by atoms with Crippen molar-refractivity contribution in [2.24, 2.45) is 5.41 Å². The standard InChI is InChI=1S/C21H26ClN3O4/c1-21(2,13-22)20(29)24-10-7-14(8-11-24)23-17(26)9-12-25-18(27)15-5-3-4-6-16(15)19(25)28/h3-6,14H,7-13H2,1-2H3,(H,23,26). The molecule has 1 fully saturated rings. The average Bonchev–Trinajstić information content (AvgIpc) is 2.97. The van der Waals surface area contributed by atoms with Crippen molar-refractivity contribution in [3.05, 3.63) is 35.4 Å². The third-order valence-corrected chi connectivity index (χ3v) is 6.17. The molecule has 1 aromatic carbocycles. The number of carbonyl (C=O) groups is 4. The molecule has 1 N–H and O–H groups in total. The number of hydrogen-bond donors (Lipinski definition) is 1. The molecule has 8 heteroatoms. The van der Waals surface area contributed by atoms with E-state index in [-0.39, 0.29) is 48.5 Å². The van der Waals surface area contributed by atoms with Crippen LogP contribution in [0.25, 0.3) is 0 Å². The third-order valence-electron chi connectivity index (χ3n) is 5.50. The molecule has 0 saturated carbocycles. The summed E-state index contributed by atoms with van der Waals surface area (Å²) >= 11 is 5.89. The number of hydrogen-bond acceptors (Lipinski definition) is 4. The van der Waals surface area contributed by atoms with E-state index in [4.69, 9.17) is 11.6 Å². The smallest absolute Gasteiger partial charge is 0.261 e. The summed E-state index contributed by atoms with van der Waals surface area (Å²) in [5.74, 6) is -0.616. The first-order valence-electron chi connectivity index (χ1n) is 9.84. The predicted octanol–water partition coefficient (Wildman–Crippen LogP) is 2.04. The van der Waals surface area contributed by atoms with E-state index >= 15 is 0 Å². The monoisotopic (exact) mass is 419 g/mol. The fraction of sp³-hybridized carbons (Fsp3) is 0.524. The topological polar surface area (TPSA) is 86.8 Å². The molecule has 156 valence electrons. The Bertz CT molecular complexity index is 796. The number of carbonyl (C=O) groups excluding carboxylic acids is 4. The minimum absolute atomic E-state index is 0.0205. The molecule has 29 heavy (non-hydrogen) atoms. The fourth-order valence-corrected chi connectivity index (χ4v) is 3.78. The second-order valence-corrected chi connectivity index (χ2v) is 8.48. The molecule has 2 aliphatic heterocycles. The van der Waals surface area contributed by atoms with Crippen LogP contribution in [-0.2, 0) is 9.59 Å². The van der Waals surface area contributed by atoms with Crippen LogP contribution >= 0.6 is 11.6 Å². The van der Waals surface area contributed by atoms with E-state index in [0.29, 0.717) is 37.1 Å². The maximum Gasteiger partial charge on any atom is 0.261 e. The number of alkyl halides is 1. The summed E-state index contributed by atoms with van der Waals surface area (Å²) in [6, 6.07) is 6.65. The molecule has 2 aliphatic rings. The van der Waals surface area contributed by atoms with Gasteiger partial charge in [0, 0.05) is 38.0 Å². The second-order valence-electron chi connectivity index (χ2n) is 8.21. The van der Waals surface area contributed by atoms with Crippen molar-refractivity contribution < 1.29 is 19.2 Å². The van der Waals surface area contributed by atoms with E-state index in [9.17, 15) is 19.2 Å². The highest BCUT2D eigenvalue weighted by atomic mass is 35.5. The average molecular weight is 420 g/mol. The molecule has 3 rings (SSSR count). The molecule has 1 aromatic rings. The predicted molar refractivity (Wildman–Crippen MR) is 109 cm³/mol. The molecule has 7 nitrogen and oxygen atoms in total. The zero-order valence-electron chi connectivity index (χ0n) is 16.7. The molecule has 0 aromatic heterocycles. The number of rotatable bonds is 6. The quantitative estimate of drug-likeness (QED) is 0.564. The number of nitrogens with one attached hydrogen (secondary N) is 1. The normalized spacial score (nSPS) is 17.5. The molecule has 0 atom stereocenters. The number of imide groups is 1. The summed E-state index contributed by atoms with van der Waals surface area (Å²) in [7, 11) is 0. The highest BCUT2D eigenvalue weighted by molar-refractivity contribution is 6.21. The van der Waals surface area contributed by atoms with Gasteiger partial charge in [-0.2, -0.15) is 0 Å². The van der Waals surface area contributed by atoms with Gasteiger partial charge in [-0.25, -0.2) is 0 Å². The van der Waals surface area contributed by atoms with Crippen LogP contribution in [0.4, 0.5) is 0 Å². The van der Waals surface area contributed by atoms with Crippen LogP contribution in [-0.4, -0.2) is 65.0 Å². The third kappa shape index (κ3) is 4.45. The molecule has 4 amide bonds. The van der Waals surface area contributed by atoms with Crippen molar-refractivity contribution in [3.63, 3.8) is 0 Å². The maximum absolute atomic E-state index is 12.5. The molecule has 0 unspecified atom stereocenters. The van der Waals surface area contributed by atoms with Crippen LogP contribution < -0.4 is 5.32 Å². The number of likely N-dealkylation sites (tertiary alicyclic amines) is 1. The van der Waals surface area contributed by atoms with Crippen LogP contribution in [0.2, 0.25) is 0 Å². The van der Waals surface area contributed by atoms with Gasteiger partial charge in [-0.05, 0) is 38.8 Å². The first-order valence-corrected chi connectivity index (χ1v) is 10.4. The van der Waals surface area contributed by atoms with Crippen LogP contribution in [0.15, 0.2) is 24.3 Å². The van der Waals surface area contributed by atoms with Crippen LogP contribution in [0.1, 0.15) is 53.8 Å². The zero-order chi connectivity index (χ0) is 21.2. The van der Waals surface area contributed by atoms with Gasteiger partial charge in [0.05, 0.1) is 16.5 Å². The number of piperidine rings is 1. The van der Waals surface area contributed by atoms with Crippen molar-refractivity contribution in [3.8, 4) is 0 Å². The number of amides is 4. The van der Waals surface area contributed by atoms with E-state index in [2.05, 4.69) is 5.32 Å². The van der Waals surface area contributed by atoms with E-state index in [0.717, 1.165) is 4.90 Å². The van der Waals surface area contributed by atoms with Gasteiger partial charge in [0.15, 0.2) is 0 Å². The minimum Gasteiger partial charge on any atom is -0.353 e. The van der Waals surface area contributed by atoms with Crippen molar-refractivity contribution >= 4 is 35.2 Å². The Kier molecular flexibility index (Phi) is 6.27. The van der Waals surface area contributed by atoms with Gasteiger partial charge in [0.25, 0.3) is 11.8 Å². The number of nitrogens with zero attached hydrogens (tertiary/aromatic N) is 2. The van der Waals surface area contributed by atoms with E-state index in [1.807, 2.05) is 13.8 Å². The summed E-state index contributed by atoms with van der Waals surface area (Å²) in [5, 5.41) is 2.95. The van der Waals surface area contributed by atoms with Gasteiger partial charge in [0.1, 0.15) is 0 Å². The first kappa shape index (κ1) is 21.3. The Balaban J connectivity index is 1.45. The van der Waals surface area contributed by atoms with Gasteiger partial charge in [-0.15, -0.1) is 11.6 Å². The maximum atomic E-state index is 12.5. The summed E-state index contributed by atoms with van der Waals surface area (Å²) < 4.78 is 0. The van der Waals surface area contributed by atoms with Gasteiger partial charge in [-0.3, -0.25) is 24.1 Å². The van der Waals surface area contributed by atoms with Crippen molar-refractivity contribution in [1.29, 1.82) is 0 Å².